The number of benzene rings is 3. The van der Waals surface area contributed by atoms with Crippen molar-refractivity contribution in [2.24, 2.45) is 5.73 Å². The maximum absolute atomic E-state index is 6.07. The number of rotatable bonds is 3. The van der Waals surface area contributed by atoms with Crippen molar-refractivity contribution in [1.82, 2.24) is 0 Å². The molecule has 0 aliphatic heterocycles. The summed E-state index contributed by atoms with van der Waals surface area (Å²) in [5, 5.41) is 2.20. The van der Waals surface area contributed by atoms with Crippen LogP contribution in [0, 0.1) is 6.92 Å². The van der Waals surface area contributed by atoms with Gasteiger partial charge in [-0.05, 0) is 30.5 Å². The van der Waals surface area contributed by atoms with E-state index in [1.54, 1.807) is 0 Å². The molecule has 0 saturated heterocycles. The molecule has 0 bridgehead atoms. The number of hydrogen-bond donors (Lipinski definition) is 1. The number of aryl methyl sites for hydroxylation is 1. The van der Waals surface area contributed by atoms with Gasteiger partial charge in [0.1, 0.15) is 16.5 Å². The fraction of sp³-hybridized carbons (Fsp3) is 0.0556. The molecule has 0 atom stereocenters. The quantitative estimate of drug-likeness (QED) is 0.718. The van der Waals surface area contributed by atoms with Crippen molar-refractivity contribution in [3.63, 3.8) is 0 Å². The summed E-state index contributed by atoms with van der Waals surface area (Å²) in [7, 11) is 0. The van der Waals surface area contributed by atoms with Gasteiger partial charge in [-0.3, -0.25) is 0 Å². The number of ether oxygens (including phenoxy) is 1. The molecule has 3 heteroatoms. The third-order valence-corrected chi connectivity index (χ3v) is 3.59. The van der Waals surface area contributed by atoms with E-state index in [1.807, 2.05) is 55.5 Å². The molecule has 0 aliphatic carbocycles. The lowest BCUT2D eigenvalue weighted by atomic mass is 10.1. The Bertz CT molecular complexity index is 821. The molecule has 0 fully saturated rings. The molecule has 0 spiro atoms. The molecule has 21 heavy (non-hydrogen) atoms. The first-order chi connectivity index (χ1) is 10.1. The predicted octanol–water partition coefficient (Wildman–Crippen LogP) is 4.57. The molecule has 0 aromatic heterocycles. The van der Waals surface area contributed by atoms with Gasteiger partial charge in [0.05, 0.1) is 5.56 Å². The van der Waals surface area contributed by atoms with Gasteiger partial charge in [-0.1, -0.05) is 60.2 Å². The zero-order chi connectivity index (χ0) is 14.8. The summed E-state index contributed by atoms with van der Waals surface area (Å²) in [5.74, 6) is 1.49. The second kappa shape index (κ2) is 5.54. The summed E-state index contributed by atoms with van der Waals surface area (Å²) >= 11 is 5.12. The van der Waals surface area contributed by atoms with Crippen LogP contribution in [0.25, 0.3) is 10.8 Å². The highest BCUT2D eigenvalue weighted by molar-refractivity contribution is 7.80. The van der Waals surface area contributed by atoms with Crippen LogP contribution in [0.1, 0.15) is 11.1 Å². The van der Waals surface area contributed by atoms with E-state index in [1.165, 1.54) is 0 Å². The van der Waals surface area contributed by atoms with E-state index in [4.69, 9.17) is 22.7 Å². The Kier molecular flexibility index (Phi) is 3.59. The summed E-state index contributed by atoms with van der Waals surface area (Å²) in [5.41, 5.74) is 7.66. The fourth-order valence-electron chi connectivity index (χ4n) is 2.33. The fourth-order valence-corrected chi connectivity index (χ4v) is 2.49. The smallest absolute Gasteiger partial charge is 0.137 e. The molecule has 0 amide bonds. The van der Waals surface area contributed by atoms with Crippen molar-refractivity contribution in [2.45, 2.75) is 6.92 Å². The summed E-state index contributed by atoms with van der Waals surface area (Å²) in [4.78, 5) is 0.342. The van der Waals surface area contributed by atoms with Gasteiger partial charge in [-0.25, -0.2) is 0 Å². The van der Waals surface area contributed by atoms with Crippen LogP contribution in [0.5, 0.6) is 11.5 Å². The standard InChI is InChI=1S/C18H15NOS/c1-12-9-10-17(15(11-12)18(19)21)20-16-8-4-6-13-5-2-3-7-14(13)16/h2-11H,1H3,(H2,19,21). The molecule has 3 aromatic rings. The van der Waals surface area contributed by atoms with Gasteiger partial charge in [-0.15, -0.1) is 0 Å². The van der Waals surface area contributed by atoms with Crippen molar-refractivity contribution in [2.75, 3.05) is 0 Å². The van der Waals surface area contributed by atoms with E-state index in [-0.39, 0.29) is 0 Å². The Balaban J connectivity index is 2.09. The van der Waals surface area contributed by atoms with E-state index in [9.17, 15) is 0 Å². The van der Waals surface area contributed by atoms with Gasteiger partial charge in [-0.2, -0.15) is 0 Å². The summed E-state index contributed by atoms with van der Waals surface area (Å²) in [6.07, 6.45) is 0. The van der Waals surface area contributed by atoms with Crippen molar-refractivity contribution >= 4 is 28.0 Å². The van der Waals surface area contributed by atoms with E-state index in [0.29, 0.717) is 10.7 Å². The van der Waals surface area contributed by atoms with Crippen LogP contribution >= 0.6 is 12.2 Å². The second-order valence-corrected chi connectivity index (χ2v) is 5.38. The maximum atomic E-state index is 6.07. The molecule has 0 saturated carbocycles. The van der Waals surface area contributed by atoms with Crippen LogP contribution in [0.2, 0.25) is 0 Å². The Hall–Kier alpha value is -2.39. The minimum atomic E-state index is 0.342. The second-order valence-electron chi connectivity index (χ2n) is 4.94. The molecule has 104 valence electrons. The van der Waals surface area contributed by atoms with Crippen molar-refractivity contribution in [3.8, 4) is 11.5 Å². The zero-order valence-corrected chi connectivity index (χ0v) is 12.5. The van der Waals surface area contributed by atoms with Crippen LogP contribution in [0.3, 0.4) is 0 Å². The molecule has 0 heterocycles. The van der Waals surface area contributed by atoms with Crippen molar-refractivity contribution in [3.05, 3.63) is 71.8 Å². The minimum absolute atomic E-state index is 0.342. The van der Waals surface area contributed by atoms with Crippen LogP contribution in [-0.2, 0) is 0 Å². The number of fused-ring (bicyclic) bond motifs is 1. The summed E-state index contributed by atoms with van der Waals surface area (Å²) in [6, 6.07) is 19.9. The average molecular weight is 293 g/mol. The lowest BCUT2D eigenvalue weighted by Gasteiger charge is -2.13. The first kappa shape index (κ1) is 13.6. The highest BCUT2D eigenvalue weighted by Gasteiger charge is 2.09. The molecule has 0 radical (unpaired) electrons. The van der Waals surface area contributed by atoms with Crippen molar-refractivity contribution < 1.29 is 4.74 Å². The van der Waals surface area contributed by atoms with Crippen LogP contribution in [-0.4, -0.2) is 4.99 Å². The summed E-state index contributed by atoms with van der Waals surface area (Å²) in [6.45, 7) is 2.00. The number of hydrogen-bond acceptors (Lipinski definition) is 2. The Labute approximate surface area is 129 Å². The van der Waals surface area contributed by atoms with Crippen molar-refractivity contribution in [1.29, 1.82) is 0 Å². The lowest BCUT2D eigenvalue weighted by Crippen LogP contribution is -2.11. The third-order valence-electron chi connectivity index (χ3n) is 3.37. The van der Waals surface area contributed by atoms with Crippen LogP contribution in [0.4, 0.5) is 0 Å². The molecule has 0 unspecified atom stereocenters. The third kappa shape index (κ3) is 2.73. The molecule has 3 aromatic carbocycles. The Morgan fingerprint density at radius 3 is 2.52 bits per heavy atom. The maximum Gasteiger partial charge on any atom is 0.137 e. The lowest BCUT2D eigenvalue weighted by molar-refractivity contribution is 0.487. The van der Waals surface area contributed by atoms with Gasteiger partial charge < -0.3 is 10.5 Å². The highest BCUT2D eigenvalue weighted by atomic mass is 32.1. The Morgan fingerprint density at radius 1 is 0.952 bits per heavy atom. The van der Waals surface area contributed by atoms with Gasteiger partial charge in [0.15, 0.2) is 0 Å². The van der Waals surface area contributed by atoms with Gasteiger partial charge in [0, 0.05) is 5.39 Å². The Morgan fingerprint density at radius 2 is 1.71 bits per heavy atom. The van der Waals surface area contributed by atoms with E-state index < -0.39 is 0 Å². The van der Waals surface area contributed by atoms with Crippen LogP contribution in [0.15, 0.2) is 60.7 Å². The van der Waals surface area contributed by atoms with Crippen LogP contribution < -0.4 is 10.5 Å². The molecular formula is C18H15NOS. The molecular weight excluding hydrogens is 278 g/mol. The molecule has 0 aliphatic rings. The van der Waals surface area contributed by atoms with Gasteiger partial charge in [0.2, 0.25) is 0 Å². The zero-order valence-electron chi connectivity index (χ0n) is 11.7. The van der Waals surface area contributed by atoms with Gasteiger partial charge >= 0.3 is 0 Å². The van der Waals surface area contributed by atoms with E-state index >= 15 is 0 Å². The normalized spacial score (nSPS) is 10.5. The number of thiocarbonyl (C=S) groups is 1. The molecule has 3 rings (SSSR count). The predicted molar refractivity (Wildman–Crippen MR) is 91.1 cm³/mol. The monoisotopic (exact) mass is 293 g/mol. The van der Waals surface area contributed by atoms with E-state index in [0.717, 1.165) is 27.6 Å². The molecule has 2 N–H and O–H groups in total. The molecule has 2 nitrogen and oxygen atoms in total. The topological polar surface area (TPSA) is 35.2 Å². The first-order valence-corrected chi connectivity index (χ1v) is 7.12. The average Bonchev–Trinajstić information content (AvgIpc) is 2.49. The SMILES string of the molecule is Cc1ccc(Oc2cccc3ccccc23)c(C(N)=S)c1. The largest absolute Gasteiger partial charge is 0.456 e. The van der Waals surface area contributed by atoms with E-state index in [2.05, 4.69) is 12.1 Å². The highest BCUT2D eigenvalue weighted by Crippen LogP contribution is 2.31. The first-order valence-electron chi connectivity index (χ1n) is 6.71. The van der Waals surface area contributed by atoms with Gasteiger partial charge in [0.25, 0.3) is 0 Å². The summed E-state index contributed by atoms with van der Waals surface area (Å²) < 4.78 is 6.07. The minimum Gasteiger partial charge on any atom is -0.456 e. The number of nitrogens with two attached hydrogens (primary N) is 1.